The highest BCUT2D eigenvalue weighted by Crippen LogP contribution is 2.43. The maximum absolute atomic E-state index is 13.9. The van der Waals surface area contributed by atoms with Crippen molar-refractivity contribution >= 4 is 53.3 Å². The van der Waals surface area contributed by atoms with Gasteiger partial charge in [-0.3, -0.25) is 34.2 Å². The molecule has 25 nitrogen and oxygen atoms in total. The minimum Gasteiger partial charge on any atom is -0.443 e. The van der Waals surface area contributed by atoms with E-state index in [-0.39, 0.29) is 99.6 Å². The number of halogens is 4. The summed E-state index contributed by atoms with van der Waals surface area (Å²) in [6.45, 7) is 12.8. The smallest absolute Gasteiger partial charge is 0.426 e. The zero-order valence-electron chi connectivity index (χ0n) is 49.8. The van der Waals surface area contributed by atoms with Gasteiger partial charge in [-0.2, -0.15) is 13.8 Å². The van der Waals surface area contributed by atoms with E-state index >= 15 is 0 Å². The summed E-state index contributed by atoms with van der Waals surface area (Å²) in [5.41, 5.74) is 10.4. The van der Waals surface area contributed by atoms with Crippen LogP contribution in [0.25, 0.3) is 0 Å². The van der Waals surface area contributed by atoms with Crippen molar-refractivity contribution in [3.63, 3.8) is 0 Å². The molecule has 4 heterocycles. The number of aliphatic hydroxyl groups is 1. The molecule has 88 heavy (non-hydrogen) atoms. The van der Waals surface area contributed by atoms with E-state index in [1.807, 2.05) is 32.9 Å². The van der Waals surface area contributed by atoms with Crippen LogP contribution in [0.4, 0.5) is 32.8 Å². The number of primary amides is 1. The number of nitrogens with two attached hydrogens (primary N) is 1. The zero-order chi connectivity index (χ0) is 64.4. The van der Waals surface area contributed by atoms with E-state index in [9.17, 15) is 61.0 Å². The zero-order valence-corrected chi connectivity index (χ0v) is 49.8. The average molecular weight is 1240 g/mol. The van der Waals surface area contributed by atoms with Gasteiger partial charge in [0.15, 0.2) is 17.5 Å². The number of urea groups is 1. The second-order valence-corrected chi connectivity index (χ2v) is 22.3. The van der Waals surface area contributed by atoms with Crippen LogP contribution in [-0.2, 0) is 54.3 Å². The second-order valence-electron chi connectivity index (χ2n) is 22.3. The SMILES string of the molecule is CC(/C=C/[C@H]1O[C@H](CC(=O)NNC(=O)OCc2ccc(NC(=O)[C@H](CCCNC(N)=O)NC(=O)[C@@H](NC(=O)CCCC(=O)Oc3c(F)c(F)cc(F)c3F)C(C)C)cc2)C[C@@]2(CO2)[C@@H]1O)=C\C[C@@H]1O[C@H](C)[C@H](NC(=O)/C=C\[C@H](C)c2noc(C)n2)C[C@@H]1C. The number of allylic oxidation sites excluding steroid dienone is 3. The van der Waals surface area contributed by atoms with Crippen LogP contribution in [0, 0.1) is 42.0 Å². The molecule has 3 saturated heterocycles. The molecule has 8 amide bonds. The third-order valence-corrected chi connectivity index (χ3v) is 14.8. The average Bonchev–Trinajstić information content (AvgIpc) is 1.63. The number of rotatable bonds is 27. The predicted octanol–water partition coefficient (Wildman–Crippen LogP) is 5.21. The molecular weight excluding hydrogens is 1160 g/mol. The fourth-order valence-electron chi connectivity index (χ4n) is 9.69. The molecule has 3 fully saturated rings. The van der Waals surface area contributed by atoms with E-state index in [1.165, 1.54) is 30.3 Å². The van der Waals surface area contributed by atoms with Crippen molar-refractivity contribution in [2.24, 2.45) is 17.6 Å². The number of hydrogen-bond acceptors (Lipinski definition) is 17. The molecule has 1 spiro atoms. The lowest BCUT2D eigenvalue weighted by Gasteiger charge is -2.39. The lowest BCUT2D eigenvalue weighted by atomic mass is 9.87. The van der Waals surface area contributed by atoms with Crippen LogP contribution in [-0.4, -0.2) is 130 Å². The van der Waals surface area contributed by atoms with Crippen LogP contribution in [0.3, 0.4) is 0 Å². The van der Waals surface area contributed by atoms with Gasteiger partial charge in [0.1, 0.15) is 36.5 Å². The van der Waals surface area contributed by atoms with Crippen molar-refractivity contribution in [2.45, 2.75) is 173 Å². The molecule has 3 aliphatic heterocycles. The van der Waals surface area contributed by atoms with Crippen LogP contribution < -0.4 is 47.9 Å². The first kappa shape index (κ1) is 68.8. The molecule has 3 aliphatic rings. The number of nitrogens with one attached hydrogen (secondary N) is 7. The van der Waals surface area contributed by atoms with Gasteiger partial charge in [0.2, 0.25) is 52.8 Å². The van der Waals surface area contributed by atoms with Crippen LogP contribution in [0.1, 0.15) is 123 Å². The van der Waals surface area contributed by atoms with E-state index in [0.717, 1.165) is 5.57 Å². The summed E-state index contributed by atoms with van der Waals surface area (Å²) >= 11 is 0. The molecule has 2 aromatic carbocycles. The van der Waals surface area contributed by atoms with Crippen molar-refractivity contribution in [1.82, 2.24) is 42.3 Å². The third kappa shape index (κ3) is 20.7. The Bertz CT molecular complexity index is 3040. The standard InChI is InChI=1S/C59H76F4N10O15/c1-30(2)51(70-45(74)11-8-12-48(77)87-52-49(62)39(60)26-40(61)50(52)63)56(80)69-41(10-9-23-65-57(64)81)55(79)67-37-18-16-36(17-19-37)28-83-58(82)72-71-47(76)25-38-27-59(29-84-59)53(78)44(86-38)21-14-31(3)13-20-43-33(5)24-42(34(6)85-43)68-46(75)22-15-32(4)54-66-35(7)88-73-54/h13-19,21-22,26,30,32-34,38,41-44,51,53,78H,8-12,20,23-25,27-29H2,1-7H3,(H,67,79)(H,68,75)(H,69,80)(H,70,74)(H,71,76)(H,72,82)(H3,64,65,81)/b21-14+,22-15-,31-13+/t32-,33-,34+,38+,41-,42+,43-,44+,51-,53+,59+/m0/s1. The summed E-state index contributed by atoms with van der Waals surface area (Å²) in [5, 5.41) is 28.3. The van der Waals surface area contributed by atoms with E-state index in [0.29, 0.717) is 30.1 Å². The Morgan fingerprint density at radius 3 is 2.26 bits per heavy atom. The normalized spacial score (nSPS) is 22.7. The number of nitrogens with zero attached hydrogens (tertiary/aromatic N) is 2. The van der Waals surface area contributed by atoms with Crippen LogP contribution in [0.15, 0.2) is 70.8 Å². The molecule has 10 N–H and O–H groups in total. The molecule has 29 heteroatoms. The Balaban J connectivity index is 0.913. The minimum atomic E-state index is -1.92. The molecule has 0 aliphatic carbocycles. The number of carbonyl (C=O) groups is 8. The summed E-state index contributed by atoms with van der Waals surface area (Å²) in [6.07, 6.45) is 5.21. The van der Waals surface area contributed by atoms with Gasteiger partial charge in [0.05, 0.1) is 37.4 Å². The molecule has 11 atom stereocenters. The molecule has 0 saturated carbocycles. The number of esters is 1. The van der Waals surface area contributed by atoms with Gasteiger partial charge in [0, 0.05) is 50.4 Å². The first-order valence-electron chi connectivity index (χ1n) is 28.8. The van der Waals surface area contributed by atoms with Gasteiger partial charge in [0.25, 0.3) is 0 Å². The fourth-order valence-corrected chi connectivity index (χ4v) is 9.69. The van der Waals surface area contributed by atoms with Gasteiger partial charge < -0.3 is 65.6 Å². The summed E-state index contributed by atoms with van der Waals surface area (Å²) in [5.74, 6) is -13.0. The number of carbonyl (C=O) groups excluding carboxylic acids is 8. The molecule has 0 unspecified atom stereocenters. The highest BCUT2D eigenvalue weighted by atomic mass is 19.2. The fraction of sp³-hybridized carbons (Fsp3) is 0.525. The van der Waals surface area contributed by atoms with Gasteiger partial charge in [-0.05, 0) is 81.6 Å². The summed E-state index contributed by atoms with van der Waals surface area (Å²) in [6, 6.07) is 2.57. The van der Waals surface area contributed by atoms with Gasteiger partial charge >= 0.3 is 18.1 Å². The van der Waals surface area contributed by atoms with Crippen LogP contribution >= 0.6 is 0 Å². The lowest BCUT2D eigenvalue weighted by molar-refractivity contribution is -0.145. The number of ether oxygens (including phenoxy) is 5. The number of aryl methyl sites for hydroxylation is 1. The first-order valence-corrected chi connectivity index (χ1v) is 28.8. The summed E-state index contributed by atoms with van der Waals surface area (Å²) in [7, 11) is 0. The third-order valence-electron chi connectivity index (χ3n) is 14.8. The van der Waals surface area contributed by atoms with Crippen LogP contribution in [0.5, 0.6) is 5.75 Å². The van der Waals surface area contributed by atoms with Gasteiger partial charge in [-0.25, -0.2) is 23.8 Å². The van der Waals surface area contributed by atoms with E-state index in [1.54, 1.807) is 32.9 Å². The molecule has 480 valence electrons. The second kappa shape index (κ2) is 32.1. The first-order chi connectivity index (χ1) is 41.7. The molecule has 0 radical (unpaired) electrons. The van der Waals surface area contributed by atoms with Crippen molar-refractivity contribution < 1.29 is 89.2 Å². The van der Waals surface area contributed by atoms with Crippen molar-refractivity contribution in [3.8, 4) is 5.75 Å². The number of amides is 8. The molecule has 0 bridgehead atoms. The van der Waals surface area contributed by atoms with Crippen molar-refractivity contribution in [1.29, 1.82) is 0 Å². The van der Waals surface area contributed by atoms with Crippen LogP contribution in [0.2, 0.25) is 0 Å². The Kier molecular flexibility index (Phi) is 25.1. The van der Waals surface area contributed by atoms with E-state index in [2.05, 4.69) is 59.2 Å². The number of aliphatic hydroxyl groups excluding tert-OH is 1. The van der Waals surface area contributed by atoms with E-state index < -0.39 is 125 Å². The number of epoxide rings is 1. The maximum atomic E-state index is 13.9. The Morgan fingerprint density at radius 1 is 0.909 bits per heavy atom. The summed E-state index contributed by atoms with van der Waals surface area (Å²) < 4.78 is 87.9. The molecule has 1 aromatic heterocycles. The number of anilines is 1. The number of hydrazine groups is 1. The molecule has 3 aromatic rings. The Hall–Kier alpha value is -8.28. The lowest BCUT2D eigenvalue weighted by Crippen LogP contribution is -2.54. The number of aromatic nitrogens is 2. The number of benzene rings is 2. The maximum Gasteiger partial charge on any atom is 0.426 e. The quantitative estimate of drug-likeness (QED) is 0.00544. The number of hydrogen-bond donors (Lipinski definition) is 9. The highest BCUT2D eigenvalue weighted by Gasteiger charge is 2.58. The van der Waals surface area contributed by atoms with Crippen molar-refractivity contribution in [3.05, 3.63) is 107 Å². The monoisotopic (exact) mass is 1240 g/mol. The minimum absolute atomic E-state index is 0.00942. The predicted molar refractivity (Wildman–Crippen MR) is 305 cm³/mol. The van der Waals surface area contributed by atoms with Gasteiger partial charge in [-0.15, -0.1) is 0 Å². The largest absolute Gasteiger partial charge is 0.443 e. The topological polar surface area (TPSA) is 355 Å². The molecular formula is C59H76F4N10O15. The molecule has 6 rings (SSSR count). The van der Waals surface area contributed by atoms with E-state index in [4.69, 9.17) is 29.2 Å². The Labute approximate surface area is 505 Å². The van der Waals surface area contributed by atoms with Gasteiger partial charge in [-0.1, -0.05) is 74.9 Å². The summed E-state index contributed by atoms with van der Waals surface area (Å²) in [4.78, 5) is 106. The highest BCUT2D eigenvalue weighted by molar-refractivity contribution is 5.98. The Morgan fingerprint density at radius 2 is 1.61 bits per heavy atom. The van der Waals surface area contributed by atoms with Crippen molar-refractivity contribution in [2.75, 3.05) is 18.5 Å².